The van der Waals surface area contributed by atoms with Gasteiger partial charge >= 0.3 is 5.97 Å². The van der Waals surface area contributed by atoms with Gasteiger partial charge in [0, 0.05) is 61.7 Å². The second-order valence-electron chi connectivity index (χ2n) is 7.64. The van der Waals surface area contributed by atoms with Gasteiger partial charge < -0.3 is 19.5 Å². The summed E-state index contributed by atoms with van der Waals surface area (Å²) >= 11 is 1.50. The minimum atomic E-state index is -1.37. The maximum absolute atomic E-state index is 15.1. The zero-order valence-electron chi connectivity index (χ0n) is 17.9. The molecule has 0 spiro atoms. The second kappa shape index (κ2) is 8.67. The molecule has 11 heteroatoms. The number of aromatic nitrogens is 4. The number of fused-ring (bicyclic) bond motifs is 1. The van der Waals surface area contributed by atoms with E-state index in [-0.39, 0.29) is 5.39 Å². The van der Waals surface area contributed by atoms with Crippen LogP contribution in [-0.4, -0.2) is 56.8 Å². The Morgan fingerprint density at radius 1 is 1.15 bits per heavy atom. The van der Waals surface area contributed by atoms with Crippen molar-refractivity contribution in [2.24, 2.45) is 0 Å². The SMILES string of the molecule is C=Cn1cc(C(=O)O)c(=O)c2cc(F)c(N3CCN(c4nccc(-c5nccs5)n4)CC3)cc21. The van der Waals surface area contributed by atoms with Crippen molar-refractivity contribution in [3.8, 4) is 10.7 Å². The molecule has 0 radical (unpaired) electrons. The quantitative estimate of drug-likeness (QED) is 0.466. The van der Waals surface area contributed by atoms with Crippen LogP contribution in [0, 0.1) is 5.82 Å². The Kier molecular flexibility index (Phi) is 5.54. The molecule has 0 atom stereocenters. The lowest BCUT2D eigenvalue weighted by molar-refractivity contribution is 0.0695. The third kappa shape index (κ3) is 3.79. The highest BCUT2D eigenvalue weighted by atomic mass is 32.1. The van der Waals surface area contributed by atoms with Crippen LogP contribution in [0.25, 0.3) is 27.8 Å². The first-order valence-electron chi connectivity index (χ1n) is 10.4. The fourth-order valence-corrected chi connectivity index (χ4v) is 4.63. The molecule has 1 aromatic carbocycles. The molecule has 9 nitrogen and oxygen atoms in total. The molecule has 0 amide bonds. The summed E-state index contributed by atoms with van der Waals surface area (Å²) < 4.78 is 16.5. The van der Waals surface area contributed by atoms with E-state index in [4.69, 9.17) is 0 Å². The van der Waals surface area contributed by atoms with E-state index in [0.29, 0.717) is 43.3 Å². The summed E-state index contributed by atoms with van der Waals surface area (Å²) in [4.78, 5) is 41.2. The Morgan fingerprint density at radius 3 is 2.59 bits per heavy atom. The average Bonchev–Trinajstić information content (AvgIpc) is 3.39. The molecule has 1 fully saturated rings. The number of halogens is 1. The molecular formula is C23H19FN6O3S. The lowest BCUT2D eigenvalue weighted by Crippen LogP contribution is -2.47. The highest BCUT2D eigenvalue weighted by molar-refractivity contribution is 7.13. The van der Waals surface area contributed by atoms with Gasteiger partial charge in [-0.3, -0.25) is 4.79 Å². The zero-order chi connectivity index (χ0) is 23.8. The van der Waals surface area contributed by atoms with Crippen LogP contribution in [0.1, 0.15) is 10.4 Å². The fraction of sp³-hybridized carbons (Fsp3) is 0.174. The molecule has 1 aliphatic rings. The van der Waals surface area contributed by atoms with Crippen molar-refractivity contribution >= 4 is 46.0 Å². The lowest BCUT2D eigenvalue weighted by atomic mass is 10.1. The average molecular weight is 479 g/mol. The molecule has 3 aromatic heterocycles. The Morgan fingerprint density at radius 2 is 1.91 bits per heavy atom. The molecular weight excluding hydrogens is 459 g/mol. The van der Waals surface area contributed by atoms with Gasteiger partial charge in [0.05, 0.1) is 11.2 Å². The van der Waals surface area contributed by atoms with Crippen molar-refractivity contribution in [2.75, 3.05) is 36.0 Å². The molecule has 34 heavy (non-hydrogen) atoms. The monoisotopic (exact) mass is 478 g/mol. The van der Waals surface area contributed by atoms with Gasteiger partial charge in [-0.05, 0) is 18.2 Å². The Labute approximate surface area is 197 Å². The molecule has 0 unspecified atom stereocenters. The molecule has 4 aromatic rings. The van der Waals surface area contributed by atoms with Crippen molar-refractivity contribution in [2.45, 2.75) is 0 Å². The van der Waals surface area contributed by atoms with Crippen LogP contribution in [0.4, 0.5) is 16.0 Å². The van der Waals surface area contributed by atoms with Crippen LogP contribution < -0.4 is 15.2 Å². The summed E-state index contributed by atoms with van der Waals surface area (Å²) in [5.74, 6) is -1.37. The van der Waals surface area contributed by atoms with Crippen molar-refractivity contribution < 1.29 is 14.3 Å². The normalized spacial score (nSPS) is 13.9. The maximum Gasteiger partial charge on any atom is 0.341 e. The highest BCUT2D eigenvalue weighted by Crippen LogP contribution is 2.27. The van der Waals surface area contributed by atoms with Gasteiger partial charge in [0.2, 0.25) is 11.4 Å². The Hall–Kier alpha value is -4.12. The molecule has 1 saturated heterocycles. The van der Waals surface area contributed by atoms with E-state index in [2.05, 4.69) is 21.5 Å². The summed E-state index contributed by atoms with van der Waals surface area (Å²) in [5, 5.41) is 12.0. The Balaban J connectivity index is 1.42. The van der Waals surface area contributed by atoms with Gasteiger partial charge in [-0.15, -0.1) is 11.3 Å². The van der Waals surface area contributed by atoms with Crippen LogP contribution in [0.15, 0.2) is 53.5 Å². The van der Waals surface area contributed by atoms with Gasteiger partial charge in [-0.2, -0.15) is 0 Å². The number of thiazole rings is 1. The first-order chi connectivity index (χ1) is 16.5. The molecule has 4 heterocycles. The lowest BCUT2D eigenvalue weighted by Gasteiger charge is -2.36. The first kappa shape index (κ1) is 21.7. The molecule has 0 bridgehead atoms. The maximum atomic E-state index is 15.1. The number of benzene rings is 1. The third-order valence-electron chi connectivity index (χ3n) is 5.73. The van der Waals surface area contributed by atoms with Crippen LogP contribution in [0.5, 0.6) is 0 Å². The van der Waals surface area contributed by atoms with Crippen LogP contribution >= 0.6 is 11.3 Å². The number of hydrogen-bond acceptors (Lipinski definition) is 8. The van der Waals surface area contributed by atoms with Crippen LogP contribution in [-0.2, 0) is 0 Å². The van der Waals surface area contributed by atoms with Crippen molar-refractivity contribution in [3.05, 3.63) is 70.4 Å². The van der Waals surface area contributed by atoms with E-state index < -0.39 is 22.8 Å². The van der Waals surface area contributed by atoms with E-state index in [1.54, 1.807) is 18.5 Å². The standard InChI is InChI=1S/C23H19FN6O3S/c1-2-28-13-15(22(32)33)20(31)14-11-16(24)19(12-18(14)28)29-6-8-30(9-7-29)23-26-4-3-17(27-23)21-25-5-10-34-21/h2-5,10-13H,1,6-9H2,(H,32,33). The number of rotatable bonds is 5. The van der Waals surface area contributed by atoms with Gasteiger partial charge in [0.1, 0.15) is 22.1 Å². The predicted octanol–water partition coefficient (Wildman–Crippen LogP) is 3.18. The number of nitrogens with zero attached hydrogens (tertiary/aromatic N) is 6. The Bertz CT molecular complexity index is 1460. The smallest absolute Gasteiger partial charge is 0.341 e. The molecule has 5 rings (SSSR count). The van der Waals surface area contributed by atoms with E-state index in [1.165, 1.54) is 28.3 Å². The van der Waals surface area contributed by atoms with E-state index in [0.717, 1.165) is 16.8 Å². The first-order valence-corrected chi connectivity index (χ1v) is 11.3. The number of carboxylic acids is 1. The summed E-state index contributed by atoms with van der Waals surface area (Å²) in [5.41, 5.74) is 0.318. The number of carbonyl (C=O) groups is 1. The van der Waals surface area contributed by atoms with Crippen LogP contribution in [0.3, 0.4) is 0 Å². The number of pyridine rings is 1. The minimum absolute atomic E-state index is 0.00733. The van der Waals surface area contributed by atoms with E-state index in [1.807, 2.05) is 21.2 Å². The predicted molar refractivity (Wildman–Crippen MR) is 129 cm³/mol. The minimum Gasteiger partial charge on any atom is -0.477 e. The number of piperazine rings is 1. The van der Waals surface area contributed by atoms with Crippen LogP contribution in [0.2, 0.25) is 0 Å². The molecule has 172 valence electrons. The second-order valence-corrected chi connectivity index (χ2v) is 8.54. The van der Waals surface area contributed by atoms with Crippen molar-refractivity contribution in [3.63, 3.8) is 0 Å². The highest BCUT2D eigenvalue weighted by Gasteiger charge is 2.24. The van der Waals surface area contributed by atoms with Gasteiger partial charge in [-0.25, -0.2) is 24.1 Å². The van der Waals surface area contributed by atoms with Crippen molar-refractivity contribution in [1.29, 1.82) is 0 Å². The van der Waals surface area contributed by atoms with Gasteiger partial charge in [-0.1, -0.05) is 6.58 Å². The van der Waals surface area contributed by atoms with E-state index in [9.17, 15) is 14.7 Å². The molecule has 1 N–H and O–H groups in total. The van der Waals surface area contributed by atoms with Gasteiger partial charge in [0.25, 0.3) is 0 Å². The summed E-state index contributed by atoms with van der Waals surface area (Å²) in [6.45, 7) is 5.86. The molecule has 1 aliphatic heterocycles. The molecule has 0 aliphatic carbocycles. The summed E-state index contributed by atoms with van der Waals surface area (Å²) in [7, 11) is 0. The number of hydrogen-bond donors (Lipinski definition) is 1. The number of anilines is 2. The number of carboxylic acid groups (broad SMARTS) is 1. The largest absolute Gasteiger partial charge is 0.477 e. The summed E-state index contributed by atoms with van der Waals surface area (Å²) in [6, 6.07) is 4.49. The molecule has 0 saturated carbocycles. The van der Waals surface area contributed by atoms with E-state index >= 15 is 4.39 Å². The fourth-order valence-electron chi connectivity index (χ4n) is 4.02. The van der Waals surface area contributed by atoms with Gasteiger partial charge in [0.15, 0.2) is 0 Å². The van der Waals surface area contributed by atoms with Crippen molar-refractivity contribution in [1.82, 2.24) is 19.5 Å². The number of aromatic carboxylic acids is 1. The zero-order valence-corrected chi connectivity index (χ0v) is 18.7. The third-order valence-corrected chi connectivity index (χ3v) is 6.52. The topological polar surface area (TPSA) is 104 Å². The summed E-state index contributed by atoms with van der Waals surface area (Å²) in [6.07, 6.45) is 6.02.